The van der Waals surface area contributed by atoms with Gasteiger partial charge in [-0.1, -0.05) is 18.2 Å². The SMILES string of the molecule is CCOC(=O)Cc1csc(=Nc2ccccc2)n1N1CCOCC1. The van der Waals surface area contributed by atoms with Gasteiger partial charge in [0.05, 0.1) is 50.7 Å². The lowest BCUT2D eigenvalue weighted by Gasteiger charge is -2.30. The van der Waals surface area contributed by atoms with Crippen molar-refractivity contribution in [2.45, 2.75) is 13.3 Å². The Bertz CT molecular complexity index is 733. The fourth-order valence-corrected chi connectivity index (χ4v) is 3.48. The molecule has 3 rings (SSSR count). The lowest BCUT2D eigenvalue weighted by atomic mass is 10.3. The highest BCUT2D eigenvalue weighted by molar-refractivity contribution is 7.07. The summed E-state index contributed by atoms with van der Waals surface area (Å²) in [6.45, 7) is 5.10. The molecular weight excluding hydrogens is 326 g/mol. The molecule has 6 nitrogen and oxygen atoms in total. The topological polar surface area (TPSA) is 56.1 Å². The predicted molar refractivity (Wildman–Crippen MR) is 93.1 cm³/mol. The van der Waals surface area contributed by atoms with Gasteiger partial charge in [0.2, 0.25) is 4.80 Å². The second-order valence-corrected chi connectivity index (χ2v) is 6.15. The first-order chi connectivity index (χ1) is 11.8. The van der Waals surface area contributed by atoms with Gasteiger partial charge in [-0.25, -0.2) is 9.67 Å². The summed E-state index contributed by atoms with van der Waals surface area (Å²) >= 11 is 1.53. The zero-order valence-corrected chi connectivity index (χ0v) is 14.5. The minimum atomic E-state index is -0.219. The zero-order valence-electron chi connectivity index (χ0n) is 13.7. The molecule has 7 heteroatoms. The first-order valence-corrected chi connectivity index (χ1v) is 8.93. The van der Waals surface area contributed by atoms with Crippen LogP contribution in [0.1, 0.15) is 12.6 Å². The average Bonchev–Trinajstić information content (AvgIpc) is 2.99. The summed E-state index contributed by atoms with van der Waals surface area (Å²) in [5, 5.41) is 4.16. The lowest BCUT2D eigenvalue weighted by Crippen LogP contribution is -2.48. The van der Waals surface area contributed by atoms with Crippen molar-refractivity contribution in [3.05, 3.63) is 46.2 Å². The Morgan fingerprint density at radius 1 is 1.29 bits per heavy atom. The smallest absolute Gasteiger partial charge is 0.311 e. The molecule has 1 aliphatic rings. The fourth-order valence-electron chi connectivity index (χ4n) is 2.56. The molecule has 1 aromatic heterocycles. The van der Waals surface area contributed by atoms with Crippen LogP contribution in [0.25, 0.3) is 0 Å². The maximum atomic E-state index is 11.9. The summed E-state index contributed by atoms with van der Waals surface area (Å²) in [5.41, 5.74) is 1.79. The van der Waals surface area contributed by atoms with E-state index in [4.69, 9.17) is 14.5 Å². The summed E-state index contributed by atoms with van der Waals surface area (Å²) < 4.78 is 12.6. The highest BCUT2D eigenvalue weighted by atomic mass is 32.1. The molecule has 0 saturated carbocycles. The molecule has 24 heavy (non-hydrogen) atoms. The molecule has 2 heterocycles. The zero-order chi connectivity index (χ0) is 16.8. The third-order valence-corrected chi connectivity index (χ3v) is 4.50. The fraction of sp³-hybridized carbons (Fsp3) is 0.412. The first kappa shape index (κ1) is 16.7. The summed E-state index contributed by atoms with van der Waals surface area (Å²) in [4.78, 5) is 17.5. The van der Waals surface area contributed by atoms with Crippen molar-refractivity contribution in [3.8, 4) is 0 Å². The number of rotatable bonds is 5. The summed E-state index contributed by atoms with van der Waals surface area (Å²) in [5.74, 6) is -0.219. The number of esters is 1. The monoisotopic (exact) mass is 347 g/mol. The van der Waals surface area contributed by atoms with E-state index in [0.29, 0.717) is 19.8 Å². The van der Waals surface area contributed by atoms with Crippen LogP contribution in [-0.2, 0) is 20.7 Å². The highest BCUT2D eigenvalue weighted by Gasteiger charge is 2.18. The minimum absolute atomic E-state index is 0.219. The van der Waals surface area contributed by atoms with Crippen molar-refractivity contribution in [2.24, 2.45) is 4.99 Å². The average molecular weight is 347 g/mol. The van der Waals surface area contributed by atoms with E-state index in [-0.39, 0.29) is 12.4 Å². The van der Waals surface area contributed by atoms with Crippen LogP contribution in [-0.4, -0.2) is 43.6 Å². The molecule has 0 amide bonds. The Labute approximate surface area is 144 Å². The molecule has 0 unspecified atom stereocenters. The number of hydrogen-bond acceptors (Lipinski definition) is 6. The number of aromatic nitrogens is 1. The number of carbonyl (C=O) groups is 1. The number of hydrogen-bond donors (Lipinski definition) is 0. The molecule has 2 aromatic rings. The third kappa shape index (κ3) is 4.04. The molecule has 0 atom stereocenters. The Morgan fingerprint density at radius 3 is 2.75 bits per heavy atom. The molecule has 0 spiro atoms. The Kier molecular flexibility index (Phi) is 5.66. The van der Waals surface area contributed by atoms with Gasteiger partial charge in [0.25, 0.3) is 0 Å². The highest BCUT2D eigenvalue weighted by Crippen LogP contribution is 2.12. The van der Waals surface area contributed by atoms with Crippen LogP contribution in [0.4, 0.5) is 5.69 Å². The summed E-state index contributed by atoms with van der Waals surface area (Å²) in [6.07, 6.45) is 0.242. The first-order valence-electron chi connectivity index (χ1n) is 8.05. The van der Waals surface area contributed by atoms with Crippen molar-refractivity contribution >= 4 is 23.0 Å². The number of benzene rings is 1. The van der Waals surface area contributed by atoms with Crippen molar-refractivity contribution in [1.29, 1.82) is 0 Å². The Hall–Kier alpha value is -2.12. The largest absolute Gasteiger partial charge is 0.466 e. The van der Waals surface area contributed by atoms with Crippen LogP contribution in [0.2, 0.25) is 0 Å². The van der Waals surface area contributed by atoms with Gasteiger partial charge in [-0.05, 0) is 19.1 Å². The molecule has 1 aromatic carbocycles. The lowest BCUT2D eigenvalue weighted by molar-refractivity contribution is -0.142. The van der Waals surface area contributed by atoms with Gasteiger partial charge in [0, 0.05) is 5.38 Å². The van der Waals surface area contributed by atoms with Gasteiger partial charge < -0.3 is 14.5 Å². The minimum Gasteiger partial charge on any atom is -0.466 e. The number of para-hydroxylation sites is 1. The molecule has 0 N–H and O–H groups in total. The van der Waals surface area contributed by atoms with Crippen molar-refractivity contribution < 1.29 is 14.3 Å². The molecule has 1 fully saturated rings. The van der Waals surface area contributed by atoms with E-state index in [2.05, 4.69) is 5.01 Å². The van der Waals surface area contributed by atoms with Crippen LogP contribution < -0.4 is 9.81 Å². The van der Waals surface area contributed by atoms with Crippen LogP contribution >= 0.6 is 11.3 Å². The standard InChI is InChI=1S/C17H21N3O3S/c1-2-23-16(21)12-15-13-24-17(18-14-6-4-3-5-7-14)20(15)19-8-10-22-11-9-19/h3-7,13H,2,8-12H2,1H3. The number of ether oxygens (including phenoxy) is 2. The summed E-state index contributed by atoms with van der Waals surface area (Å²) in [7, 11) is 0. The van der Waals surface area contributed by atoms with Gasteiger partial charge in [-0.2, -0.15) is 0 Å². The quantitative estimate of drug-likeness (QED) is 0.775. The van der Waals surface area contributed by atoms with E-state index in [0.717, 1.165) is 29.3 Å². The molecule has 1 saturated heterocycles. The van der Waals surface area contributed by atoms with Gasteiger partial charge >= 0.3 is 5.97 Å². The Balaban J connectivity index is 1.97. The summed E-state index contributed by atoms with van der Waals surface area (Å²) in [6, 6.07) is 9.83. The normalized spacial score (nSPS) is 15.5. The predicted octanol–water partition coefficient (Wildman–Crippen LogP) is 1.86. The van der Waals surface area contributed by atoms with Crippen molar-refractivity contribution in [2.75, 3.05) is 37.9 Å². The number of morpholine rings is 1. The van der Waals surface area contributed by atoms with Crippen LogP contribution in [0.5, 0.6) is 0 Å². The molecular formula is C17H21N3O3S. The van der Waals surface area contributed by atoms with Crippen LogP contribution in [0.15, 0.2) is 40.7 Å². The van der Waals surface area contributed by atoms with Crippen molar-refractivity contribution in [3.63, 3.8) is 0 Å². The van der Waals surface area contributed by atoms with E-state index >= 15 is 0 Å². The van der Waals surface area contributed by atoms with E-state index in [9.17, 15) is 4.79 Å². The molecule has 0 bridgehead atoms. The van der Waals surface area contributed by atoms with Gasteiger partial charge in [0.15, 0.2) is 0 Å². The number of nitrogens with zero attached hydrogens (tertiary/aromatic N) is 3. The second kappa shape index (κ2) is 8.12. The van der Waals surface area contributed by atoms with E-state index in [1.807, 2.05) is 47.3 Å². The van der Waals surface area contributed by atoms with E-state index in [1.165, 1.54) is 11.3 Å². The van der Waals surface area contributed by atoms with Gasteiger partial charge in [-0.3, -0.25) is 4.79 Å². The molecule has 128 valence electrons. The van der Waals surface area contributed by atoms with E-state index < -0.39 is 0 Å². The van der Waals surface area contributed by atoms with Gasteiger partial charge in [-0.15, -0.1) is 11.3 Å². The molecule has 1 aliphatic heterocycles. The van der Waals surface area contributed by atoms with Gasteiger partial charge in [0.1, 0.15) is 0 Å². The Morgan fingerprint density at radius 2 is 2.04 bits per heavy atom. The number of carbonyl (C=O) groups excluding carboxylic acids is 1. The maximum absolute atomic E-state index is 11.9. The van der Waals surface area contributed by atoms with Crippen LogP contribution in [0.3, 0.4) is 0 Å². The molecule has 0 aliphatic carbocycles. The van der Waals surface area contributed by atoms with Crippen molar-refractivity contribution in [1.82, 2.24) is 4.68 Å². The van der Waals surface area contributed by atoms with Crippen LogP contribution in [0, 0.1) is 0 Å². The molecule has 0 radical (unpaired) electrons. The van der Waals surface area contributed by atoms with E-state index in [1.54, 1.807) is 0 Å². The maximum Gasteiger partial charge on any atom is 0.311 e. The number of thiazole rings is 1. The third-order valence-electron chi connectivity index (χ3n) is 3.64. The second-order valence-electron chi connectivity index (χ2n) is 5.32.